The van der Waals surface area contributed by atoms with Crippen molar-refractivity contribution in [3.63, 3.8) is 0 Å². The Labute approximate surface area is 152 Å². The number of methoxy groups -OCH3 is 1. The molecule has 1 saturated carbocycles. The van der Waals surface area contributed by atoms with E-state index in [4.69, 9.17) is 4.74 Å². The SMILES string of the molecule is COC(=O)c1ccc(NC2CCC(NC(=O)OC(C)(C)C)CC2)nc1F. The molecule has 1 heterocycles. The van der Waals surface area contributed by atoms with Crippen LogP contribution in [0.5, 0.6) is 0 Å². The van der Waals surface area contributed by atoms with Crippen molar-refractivity contribution in [3.8, 4) is 0 Å². The van der Waals surface area contributed by atoms with Crippen molar-refractivity contribution in [1.29, 1.82) is 0 Å². The predicted molar refractivity (Wildman–Crippen MR) is 94.6 cm³/mol. The Bertz CT molecular complexity index is 652. The van der Waals surface area contributed by atoms with E-state index in [1.165, 1.54) is 13.2 Å². The number of pyridine rings is 1. The molecule has 0 unspecified atom stereocenters. The van der Waals surface area contributed by atoms with Crippen LogP contribution in [-0.4, -0.2) is 41.8 Å². The zero-order valence-electron chi connectivity index (χ0n) is 15.6. The van der Waals surface area contributed by atoms with Gasteiger partial charge in [0.2, 0.25) is 5.95 Å². The van der Waals surface area contributed by atoms with Crippen LogP contribution in [0.2, 0.25) is 0 Å². The van der Waals surface area contributed by atoms with Gasteiger partial charge in [0, 0.05) is 12.1 Å². The van der Waals surface area contributed by atoms with Crippen LogP contribution in [0.25, 0.3) is 0 Å². The van der Waals surface area contributed by atoms with Gasteiger partial charge in [0.05, 0.1) is 7.11 Å². The number of hydrogen-bond donors (Lipinski definition) is 2. The van der Waals surface area contributed by atoms with E-state index in [9.17, 15) is 14.0 Å². The minimum Gasteiger partial charge on any atom is -0.465 e. The second-order valence-electron chi connectivity index (χ2n) is 7.37. The van der Waals surface area contributed by atoms with Crippen molar-refractivity contribution in [3.05, 3.63) is 23.6 Å². The van der Waals surface area contributed by atoms with Gasteiger partial charge in [-0.15, -0.1) is 0 Å². The largest absolute Gasteiger partial charge is 0.465 e. The second-order valence-corrected chi connectivity index (χ2v) is 7.37. The molecule has 7 nitrogen and oxygen atoms in total. The minimum atomic E-state index is -0.859. The number of alkyl carbamates (subject to hydrolysis) is 1. The molecule has 0 saturated heterocycles. The van der Waals surface area contributed by atoms with E-state index in [1.807, 2.05) is 20.8 Å². The molecular weight excluding hydrogens is 341 g/mol. The molecule has 1 aromatic heterocycles. The van der Waals surface area contributed by atoms with Gasteiger partial charge in [-0.3, -0.25) is 0 Å². The number of amides is 1. The highest BCUT2D eigenvalue weighted by molar-refractivity contribution is 5.89. The molecule has 0 spiro atoms. The van der Waals surface area contributed by atoms with Gasteiger partial charge in [-0.1, -0.05) is 0 Å². The second kappa shape index (κ2) is 8.33. The number of anilines is 1. The summed E-state index contributed by atoms with van der Waals surface area (Å²) in [6, 6.07) is 3.10. The lowest BCUT2D eigenvalue weighted by molar-refractivity contribution is 0.0491. The number of nitrogens with one attached hydrogen (secondary N) is 2. The van der Waals surface area contributed by atoms with E-state index in [0.717, 1.165) is 25.7 Å². The molecule has 144 valence electrons. The van der Waals surface area contributed by atoms with Crippen molar-refractivity contribution in [2.75, 3.05) is 12.4 Å². The van der Waals surface area contributed by atoms with Gasteiger partial charge in [-0.2, -0.15) is 4.39 Å². The maximum absolute atomic E-state index is 13.9. The van der Waals surface area contributed by atoms with Crippen LogP contribution in [0.15, 0.2) is 12.1 Å². The third-order valence-corrected chi connectivity index (χ3v) is 4.05. The minimum absolute atomic E-state index is 0.0642. The van der Waals surface area contributed by atoms with Crippen molar-refractivity contribution in [2.45, 2.75) is 64.1 Å². The third-order valence-electron chi connectivity index (χ3n) is 4.05. The van der Waals surface area contributed by atoms with E-state index in [-0.39, 0.29) is 17.6 Å². The zero-order valence-corrected chi connectivity index (χ0v) is 15.6. The monoisotopic (exact) mass is 367 g/mol. The summed E-state index contributed by atoms with van der Waals surface area (Å²) in [7, 11) is 1.19. The van der Waals surface area contributed by atoms with Gasteiger partial charge in [-0.05, 0) is 58.6 Å². The molecule has 1 aliphatic rings. The molecule has 1 aliphatic carbocycles. The van der Waals surface area contributed by atoms with Crippen molar-refractivity contribution in [2.24, 2.45) is 0 Å². The molecule has 26 heavy (non-hydrogen) atoms. The quantitative estimate of drug-likeness (QED) is 0.627. The van der Waals surface area contributed by atoms with E-state index < -0.39 is 23.6 Å². The first-order valence-electron chi connectivity index (χ1n) is 8.69. The third kappa shape index (κ3) is 5.86. The maximum atomic E-state index is 13.9. The number of rotatable bonds is 4. The first kappa shape index (κ1) is 19.9. The number of carbonyl (C=O) groups is 2. The maximum Gasteiger partial charge on any atom is 0.407 e. The summed E-state index contributed by atoms with van der Waals surface area (Å²) < 4.78 is 23.6. The number of carbonyl (C=O) groups excluding carboxylic acids is 2. The molecule has 0 bridgehead atoms. The van der Waals surface area contributed by atoms with E-state index in [1.54, 1.807) is 6.07 Å². The lowest BCUT2D eigenvalue weighted by Crippen LogP contribution is -2.42. The summed E-state index contributed by atoms with van der Waals surface area (Å²) in [5.41, 5.74) is -0.710. The molecule has 8 heteroatoms. The Kier molecular flexibility index (Phi) is 6.39. The van der Waals surface area contributed by atoms with E-state index in [0.29, 0.717) is 5.82 Å². The van der Waals surface area contributed by atoms with Crippen molar-refractivity contribution < 1.29 is 23.5 Å². The fraction of sp³-hybridized carbons (Fsp3) is 0.611. The van der Waals surface area contributed by atoms with Gasteiger partial charge in [0.15, 0.2) is 0 Å². The lowest BCUT2D eigenvalue weighted by atomic mass is 9.91. The summed E-state index contributed by atoms with van der Waals surface area (Å²) in [6.45, 7) is 5.47. The first-order valence-corrected chi connectivity index (χ1v) is 8.69. The zero-order chi connectivity index (χ0) is 19.3. The number of hydrogen-bond acceptors (Lipinski definition) is 6. The van der Waals surface area contributed by atoms with Crippen molar-refractivity contribution >= 4 is 17.9 Å². The fourth-order valence-corrected chi connectivity index (χ4v) is 2.84. The van der Waals surface area contributed by atoms with Gasteiger partial charge in [0.25, 0.3) is 0 Å². The molecule has 1 amide bonds. The summed E-state index contributed by atoms with van der Waals surface area (Å²) in [6.07, 6.45) is 2.79. The smallest absolute Gasteiger partial charge is 0.407 e. The van der Waals surface area contributed by atoms with Crippen molar-refractivity contribution in [1.82, 2.24) is 10.3 Å². The molecule has 0 aliphatic heterocycles. The van der Waals surface area contributed by atoms with Crippen LogP contribution in [0.3, 0.4) is 0 Å². The van der Waals surface area contributed by atoms with Gasteiger partial charge in [-0.25, -0.2) is 14.6 Å². The average Bonchev–Trinajstić information content (AvgIpc) is 2.54. The molecule has 1 fully saturated rings. The number of esters is 1. The van der Waals surface area contributed by atoms with Crippen LogP contribution in [0, 0.1) is 5.95 Å². The molecule has 2 N–H and O–H groups in total. The first-order chi connectivity index (χ1) is 12.2. The average molecular weight is 367 g/mol. The summed E-state index contributed by atoms with van der Waals surface area (Å²) in [5, 5.41) is 6.05. The van der Waals surface area contributed by atoms with Gasteiger partial charge < -0.3 is 20.1 Å². The van der Waals surface area contributed by atoms with Crippen LogP contribution in [-0.2, 0) is 9.47 Å². The highest BCUT2D eigenvalue weighted by atomic mass is 19.1. The Morgan fingerprint density at radius 3 is 2.31 bits per heavy atom. The molecule has 0 atom stereocenters. The Morgan fingerprint density at radius 1 is 1.15 bits per heavy atom. The topological polar surface area (TPSA) is 89.6 Å². The molecule has 0 radical (unpaired) electrons. The van der Waals surface area contributed by atoms with E-state index >= 15 is 0 Å². The van der Waals surface area contributed by atoms with Gasteiger partial charge >= 0.3 is 12.1 Å². The standard InChI is InChI=1S/C18H26FN3O4/c1-18(2,3)26-17(24)21-12-7-5-11(6-8-12)20-14-10-9-13(15(19)22-14)16(23)25-4/h9-12H,5-8H2,1-4H3,(H,20,22)(H,21,24). The Morgan fingerprint density at radius 2 is 1.77 bits per heavy atom. The highest BCUT2D eigenvalue weighted by Gasteiger charge is 2.25. The summed E-state index contributed by atoms with van der Waals surface area (Å²) in [4.78, 5) is 27.0. The fourth-order valence-electron chi connectivity index (χ4n) is 2.84. The molecule has 2 rings (SSSR count). The molecule has 0 aromatic carbocycles. The Hall–Kier alpha value is -2.38. The number of halogens is 1. The number of aromatic nitrogens is 1. The molecular formula is C18H26FN3O4. The predicted octanol–water partition coefficient (Wildman–Crippen LogP) is 3.26. The number of ether oxygens (including phenoxy) is 2. The van der Waals surface area contributed by atoms with Crippen LogP contribution in [0.4, 0.5) is 15.0 Å². The summed E-state index contributed by atoms with van der Waals surface area (Å²) in [5.74, 6) is -1.24. The normalized spacial score (nSPS) is 20.2. The van der Waals surface area contributed by atoms with Crippen LogP contribution >= 0.6 is 0 Å². The molecule has 1 aromatic rings. The van der Waals surface area contributed by atoms with Gasteiger partial charge in [0.1, 0.15) is 17.0 Å². The van der Waals surface area contributed by atoms with Crippen LogP contribution in [0.1, 0.15) is 56.8 Å². The Balaban J connectivity index is 1.82. The lowest BCUT2D eigenvalue weighted by Gasteiger charge is -2.30. The number of nitrogens with zero attached hydrogens (tertiary/aromatic N) is 1. The summed E-state index contributed by atoms with van der Waals surface area (Å²) >= 11 is 0. The van der Waals surface area contributed by atoms with Crippen LogP contribution < -0.4 is 10.6 Å². The van der Waals surface area contributed by atoms with E-state index in [2.05, 4.69) is 20.4 Å². The highest BCUT2D eigenvalue weighted by Crippen LogP contribution is 2.22.